The molecule has 0 saturated carbocycles. The van der Waals surface area contributed by atoms with Crippen LogP contribution in [0.4, 0.5) is 4.39 Å². The molecule has 4 heteroatoms. The van der Waals surface area contributed by atoms with E-state index in [4.69, 9.17) is 5.73 Å². The molecule has 1 rings (SSSR count). The van der Waals surface area contributed by atoms with Gasteiger partial charge in [0.05, 0.1) is 4.47 Å². The normalized spacial score (nSPS) is 12.9. The molecule has 1 atom stereocenters. The second-order valence-corrected chi connectivity index (χ2v) is 4.24. The highest BCUT2D eigenvalue weighted by molar-refractivity contribution is 9.10. The van der Waals surface area contributed by atoms with Crippen LogP contribution in [-0.2, 0) is 0 Å². The summed E-state index contributed by atoms with van der Waals surface area (Å²) in [7, 11) is 0. The second kappa shape index (κ2) is 4.28. The molecule has 0 heterocycles. The van der Waals surface area contributed by atoms with Crippen molar-refractivity contribution in [2.45, 2.75) is 19.8 Å². The molecule has 0 aliphatic carbocycles. The minimum Gasteiger partial charge on any atom is -0.506 e. The van der Waals surface area contributed by atoms with E-state index >= 15 is 0 Å². The van der Waals surface area contributed by atoms with E-state index in [2.05, 4.69) is 15.9 Å². The number of benzene rings is 1. The fraction of sp³-hybridized carbons (Fsp3) is 0.400. The zero-order chi connectivity index (χ0) is 10.9. The zero-order valence-corrected chi connectivity index (χ0v) is 9.73. The molecule has 2 nitrogen and oxygen atoms in total. The minimum atomic E-state index is -0.372. The van der Waals surface area contributed by atoms with Crippen LogP contribution in [-0.4, -0.2) is 11.7 Å². The molecule has 3 N–H and O–H groups in total. The van der Waals surface area contributed by atoms with Gasteiger partial charge in [0, 0.05) is 5.56 Å². The quantitative estimate of drug-likeness (QED) is 0.860. The van der Waals surface area contributed by atoms with Crippen LogP contribution in [0.3, 0.4) is 0 Å². The van der Waals surface area contributed by atoms with Crippen molar-refractivity contribution < 1.29 is 9.50 Å². The lowest BCUT2D eigenvalue weighted by Gasteiger charge is -2.15. The summed E-state index contributed by atoms with van der Waals surface area (Å²) in [5.41, 5.74) is 6.24. The molecule has 14 heavy (non-hydrogen) atoms. The van der Waals surface area contributed by atoms with E-state index in [1.165, 1.54) is 0 Å². The summed E-state index contributed by atoms with van der Waals surface area (Å²) >= 11 is 3.17. The third-order valence-electron chi connectivity index (χ3n) is 2.25. The topological polar surface area (TPSA) is 46.2 Å². The van der Waals surface area contributed by atoms with Crippen LogP contribution in [0, 0.1) is 12.7 Å². The highest BCUT2D eigenvalue weighted by Gasteiger charge is 2.18. The number of rotatable bonds is 2. The maximum atomic E-state index is 13.6. The Bertz CT molecular complexity index is 328. The van der Waals surface area contributed by atoms with Gasteiger partial charge in [-0.2, -0.15) is 0 Å². The summed E-state index contributed by atoms with van der Waals surface area (Å²) in [5, 5.41) is 9.66. The lowest BCUT2D eigenvalue weighted by atomic mass is 9.97. The van der Waals surface area contributed by atoms with Crippen LogP contribution >= 0.6 is 15.9 Å². The number of phenolic OH excluding ortho intramolecular Hbond substituents is 1. The highest BCUT2D eigenvalue weighted by atomic mass is 79.9. The molecule has 0 saturated heterocycles. The van der Waals surface area contributed by atoms with Gasteiger partial charge in [-0.15, -0.1) is 0 Å². The van der Waals surface area contributed by atoms with E-state index in [1.54, 1.807) is 19.9 Å². The van der Waals surface area contributed by atoms with Gasteiger partial charge in [-0.1, -0.05) is 6.92 Å². The molecule has 0 fully saturated rings. The van der Waals surface area contributed by atoms with Crippen molar-refractivity contribution in [3.8, 4) is 5.75 Å². The van der Waals surface area contributed by atoms with Gasteiger partial charge < -0.3 is 10.8 Å². The van der Waals surface area contributed by atoms with E-state index in [9.17, 15) is 9.50 Å². The number of aromatic hydroxyl groups is 1. The van der Waals surface area contributed by atoms with Crippen molar-refractivity contribution in [1.29, 1.82) is 0 Å². The molecule has 78 valence electrons. The Balaban J connectivity index is 3.39. The largest absolute Gasteiger partial charge is 0.506 e. The molecule has 1 aromatic carbocycles. The third-order valence-corrected chi connectivity index (χ3v) is 2.86. The Kier molecular flexibility index (Phi) is 3.50. The summed E-state index contributed by atoms with van der Waals surface area (Å²) in [6.07, 6.45) is 0. The summed E-state index contributed by atoms with van der Waals surface area (Å²) in [6.45, 7) is 3.75. The van der Waals surface area contributed by atoms with E-state index < -0.39 is 0 Å². The van der Waals surface area contributed by atoms with Gasteiger partial charge in [-0.05, 0) is 46.9 Å². The van der Waals surface area contributed by atoms with Crippen molar-refractivity contribution in [2.75, 3.05) is 6.54 Å². The first-order valence-corrected chi connectivity index (χ1v) is 5.15. The molecule has 0 spiro atoms. The fourth-order valence-corrected chi connectivity index (χ4v) is 1.89. The van der Waals surface area contributed by atoms with Gasteiger partial charge in [0.1, 0.15) is 11.6 Å². The van der Waals surface area contributed by atoms with Crippen molar-refractivity contribution in [2.24, 2.45) is 5.73 Å². The van der Waals surface area contributed by atoms with Crippen molar-refractivity contribution in [3.63, 3.8) is 0 Å². The molecule has 0 bridgehead atoms. The molecule has 0 radical (unpaired) electrons. The van der Waals surface area contributed by atoms with Gasteiger partial charge in [-0.3, -0.25) is 0 Å². The monoisotopic (exact) mass is 261 g/mol. The SMILES string of the molecule is Cc1cc(Br)c(O)c(C(C)CN)c1F. The summed E-state index contributed by atoms with van der Waals surface area (Å²) in [6, 6.07) is 1.55. The number of aryl methyl sites for hydroxylation is 1. The van der Waals surface area contributed by atoms with E-state index in [0.717, 1.165) is 0 Å². The Morgan fingerprint density at radius 1 is 1.64 bits per heavy atom. The van der Waals surface area contributed by atoms with Gasteiger partial charge >= 0.3 is 0 Å². The maximum Gasteiger partial charge on any atom is 0.136 e. The number of hydrogen-bond donors (Lipinski definition) is 2. The molecule has 0 aliphatic rings. The fourth-order valence-electron chi connectivity index (χ4n) is 1.33. The molecule has 1 aromatic rings. The van der Waals surface area contributed by atoms with Crippen molar-refractivity contribution in [3.05, 3.63) is 27.5 Å². The molecule has 0 amide bonds. The van der Waals surface area contributed by atoms with Crippen LogP contribution < -0.4 is 5.73 Å². The number of nitrogens with two attached hydrogens (primary N) is 1. The zero-order valence-electron chi connectivity index (χ0n) is 8.14. The molecular weight excluding hydrogens is 249 g/mol. The van der Waals surface area contributed by atoms with Gasteiger partial charge in [0.25, 0.3) is 0 Å². The maximum absolute atomic E-state index is 13.6. The first-order valence-electron chi connectivity index (χ1n) is 4.36. The average molecular weight is 262 g/mol. The van der Waals surface area contributed by atoms with Crippen LogP contribution in [0.2, 0.25) is 0 Å². The van der Waals surface area contributed by atoms with E-state index in [-0.39, 0.29) is 17.5 Å². The molecule has 0 aromatic heterocycles. The lowest BCUT2D eigenvalue weighted by Crippen LogP contribution is -2.11. The Morgan fingerprint density at radius 3 is 2.71 bits per heavy atom. The second-order valence-electron chi connectivity index (χ2n) is 3.39. The molecule has 0 aliphatic heterocycles. The summed E-state index contributed by atoms with van der Waals surface area (Å²) < 4.78 is 14.1. The highest BCUT2D eigenvalue weighted by Crippen LogP contribution is 2.36. The number of halogens is 2. The van der Waals surface area contributed by atoms with Crippen LogP contribution in [0.5, 0.6) is 5.75 Å². The third kappa shape index (κ3) is 1.91. The summed E-state index contributed by atoms with van der Waals surface area (Å²) in [5.74, 6) is -0.610. The Hall–Kier alpha value is -0.610. The Labute approximate surface area is 91.1 Å². The minimum absolute atomic E-state index is 0.0500. The molecule has 1 unspecified atom stereocenters. The Morgan fingerprint density at radius 2 is 2.21 bits per heavy atom. The number of hydrogen-bond acceptors (Lipinski definition) is 2. The molecular formula is C10H13BrFNO. The number of phenols is 1. The van der Waals surface area contributed by atoms with Crippen molar-refractivity contribution >= 4 is 15.9 Å². The standard InChI is InChI=1S/C10H13BrFNO/c1-5-3-7(11)10(14)8(9(5)12)6(2)4-13/h3,6,14H,4,13H2,1-2H3. The average Bonchev–Trinajstić information content (AvgIpc) is 2.15. The predicted molar refractivity (Wildman–Crippen MR) is 58.0 cm³/mol. The van der Waals surface area contributed by atoms with E-state index in [1.807, 2.05) is 0 Å². The first kappa shape index (κ1) is 11.5. The van der Waals surface area contributed by atoms with Gasteiger partial charge in [-0.25, -0.2) is 4.39 Å². The lowest BCUT2D eigenvalue weighted by molar-refractivity contribution is 0.447. The van der Waals surface area contributed by atoms with Gasteiger partial charge in [0.2, 0.25) is 0 Å². The smallest absolute Gasteiger partial charge is 0.136 e. The first-order chi connectivity index (χ1) is 6.49. The van der Waals surface area contributed by atoms with Crippen molar-refractivity contribution in [1.82, 2.24) is 0 Å². The van der Waals surface area contributed by atoms with E-state index in [0.29, 0.717) is 22.1 Å². The van der Waals surface area contributed by atoms with Crippen LogP contribution in [0.1, 0.15) is 24.0 Å². The van der Waals surface area contributed by atoms with Crippen LogP contribution in [0.15, 0.2) is 10.5 Å². The van der Waals surface area contributed by atoms with Crippen LogP contribution in [0.25, 0.3) is 0 Å². The summed E-state index contributed by atoms with van der Waals surface area (Å²) in [4.78, 5) is 0. The van der Waals surface area contributed by atoms with Gasteiger partial charge in [0.15, 0.2) is 0 Å². The predicted octanol–water partition coefficient (Wildman–Crippen LogP) is 2.66.